The molecule has 0 aliphatic carbocycles. The van der Waals surface area contributed by atoms with E-state index in [-0.39, 0.29) is 17.3 Å². The van der Waals surface area contributed by atoms with Crippen LogP contribution in [-0.2, 0) is 7.05 Å². The van der Waals surface area contributed by atoms with E-state index < -0.39 is 0 Å². The summed E-state index contributed by atoms with van der Waals surface area (Å²) in [7, 11) is 3.29. The number of hydrogen-bond acceptors (Lipinski definition) is 7. The zero-order valence-electron chi connectivity index (χ0n) is 19.1. The number of carbonyl (C=O) groups is 1. The van der Waals surface area contributed by atoms with Gasteiger partial charge in [0.15, 0.2) is 5.78 Å². The minimum atomic E-state index is -0.243. The van der Waals surface area contributed by atoms with Crippen molar-refractivity contribution in [2.24, 2.45) is 13.0 Å². The summed E-state index contributed by atoms with van der Waals surface area (Å²) in [6, 6.07) is 14.9. The Balaban J connectivity index is 1.50. The fourth-order valence-electron chi connectivity index (χ4n) is 4.64. The third-order valence-corrected chi connectivity index (χ3v) is 6.39. The van der Waals surface area contributed by atoms with Gasteiger partial charge in [0, 0.05) is 38.3 Å². The molecular weight excluding hydrogens is 430 g/mol. The normalized spacial score (nSPS) is 15.9. The number of methoxy groups -OCH3 is 1. The second-order valence-electron chi connectivity index (χ2n) is 8.45. The Kier molecular flexibility index (Phi) is 5.79. The highest BCUT2D eigenvalue weighted by molar-refractivity contribution is 6.11. The summed E-state index contributed by atoms with van der Waals surface area (Å²) in [5, 5.41) is 1.89. The molecule has 0 radical (unpaired) electrons. The Bertz CT molecular complexity index is 1420. The molecule has 0 saturated carbocycles. The monoisotopic (exact) mass is 455 g/mol. The van der Waals surface area contributed by atoms with Crippen molar-refractivity contribution in [2.75, 3.05) is 25.1 Å². The number of hydrogen-bond donors (Lipinski definition) is 0. The Morgan fingerprint density at radius 3 is 2.76 bits per heavy atom. The van der Waals surface area contributed by atoms with Gasteiger partial charge in [0.1, 0.15) is 12.1 Å². The van der Waals surface area contributed by atoms with Crippen LogP contribution >= 0.6 is 0 Å². The van der Waals surface area contributed by atoms with Gasteiger partial charge in [-0.15, -0.1) is 0 Å². The number of fused-ring (bicyclic) bond motifs is 1. The van der Waals surface area contributed by atoms with Crippen LogP contribution in [0.25, 0.3) is 22.2 Å². The van der Waals surface area contributed by atoms with Gasteiger partial charge in [0.2, 0.25) is 5.95 Å². The van der Waals surface area contributed by atoms with Crippen LogP contribution in [0, 0.1) is 5.92 Å². The highest BCUT2D eigenvalue weighted by Gasteiger charge is 2.31. The predicted octanol–water partition coefficient (Wildman–Crippen LogP) is 3.50. The lowest BCUT2D eigenvalue weighted by atomic mass is 9.87. The molecule has 8 nitrogen and oxygen atoms in total. The molecule has 4 aromatic rings. The molecule has 5 rings (SSSR count). The topological polar surface area (TPSA) is 90.2 Å². The molecular formula is C26H25N5O3. The average molecular weight is 456 g/mol. The van der Waals surface area contributed by atoms with Crippen LogP contribution in [0.5, 0.6) is 5.75 Å². The van der Waals surface area contributed by atoms with Gasteiger partial charge in [-0.1, -0.05) is 30.3 Å². The van der Waals surface area contributed by atoms with Crippen molar-refractivity contribution in [2.45, 2.75) is 12.8 Å². The summed E-state index contributed by atoms with van der Waals surface area (Å²) >= 11 is 0. The van der Waals surface area contributed by atoms with Gasteiger partial charge in [0.05, 0.1) is 24.1 Å². The van der Waals surface area contributed by atoms with E-state index in [0.717, 1.165) is 23.6 Å². The molecule has 1 aliphatic rings. The maximum atomic E-state index is 13.8. The first-order valence-corrected chi connectivity index (χ1v) is 11.3. The van der Waals surface area contributed by atoms with Crippen LogP contribution in [0.4, 0.5) is 5.95 Å². The van der Waals surface area contributed by atoms with E-state index in [0.29, 0.717) is 41.7 Å². The van der Waals surface area contributed by atoms with E-state index in [1.165, 1.54) is 17.0 Å². The number of ketones is 1. The molecule has 0 amide bonds. The molecule has 8 heteroatoms. The zero-order chi connectivity index (χ0) is 23.7. The van der Waals surface area contributed by atoms with Gasteiger partial charge < -0.3 is 9.64 Å². The first-order chi connectivity index (χ1) is 16.6. The molecule has 0 spiro atoms. The predicted molar refractivity (Wildman–Crippen MR) is 130 cm³/mol. The SMILES string of the molecule is COc1ccc2ccccc2c1C(=O)C1CCCN(c2nc(-c3ccncn3)cc(=O)n2C)C1. The molecule has 3 heterocycles. The van der Waals surface area contributed by atoms with E-state index in [2.05, 4.69) is 9.97 Å². The first kappa shape index (κ1) is 21.8. The quantitative estimate of drug-likeness (QED) is 0.426. The Morgan fingerprint density at radius 2 is 1.97 bits per heavy atom. The van der Waals surface area contributed by atoms with Crippen molar-refractivity contribution in [1.29, 1.82) is 0 Å². The van der Waals surface area contributed by atoms with Crippen LogP contribution in [0.1, 0.15) is 23.2 Å². The maximum absolute atomic E-state index is 13.8. The third-order valence-electron chi connectivity index (χ3n) is 6.39. The Labute approximate surface area is 196 Å². The number of Topliss-reactive ketones (excluding diaryl/α,β-unsaturated/α-hetero) is 1. The minimum absolute atomic E-state index is 0.0512. The number of anilines is 1. The fraction of sp³-hybridized carbons (Fsp3) is 0.269. The smallest absolute Gasteiger partial charge is 0.255 e. The molecule has 1 fully saturated rings. The highest BCUT2D eigenvalue weighted by atomic mass is 16.5. The molecule has 1 aliphatic heterocycles. The van der Waals surface area contributed by atoms with E-state index in [4.69, 9.17) is 9.72 Å². The summed E-state index contributed by atoms with van der Waals surface area (Å²) in [6.45, 7) is 1.18. The highest BCUT2D eigenvalue weighted by Crippen LogP contribution is 2.33. The second kappa shape index (κ2) is 9.05. The molecule has 1 unspecified atom stereocenters. The largest absolute Gasteiger partial charge is 0.496 e. The van der Waals surface area contributed by atoms with Crippen LogP contribution in [-0.4, -0.2) is 45.5 Å². The fourth-order valence-corrected chi connectivity index (χ4v) is 4.64. The number of benzene rings is 2. The number of nitrogens with zero attached hydrogens (tertiary/aromatic N) is 5. The lowest BCUT2D eigenvalue weighted by molar-refractivity contribution is 0.0905. The maximum Gasteiger partial charge on any atom is 0.255 e. The summed E-state index contributed by atoms with van der Waals surface area (Å²) in [5.74, 6) is 0.920. The molecule has 172 valence electrons. The van der Waals surface area contributed by atoms with Gasteiger partial charge in [-0.25, -0.2) is 15.0 Å². The first-order valence-electron chi connectivity index (χ1n) is 11.3. The number of carbonyl (C=O) groups excluding carboxylic acids is 1. The van der Waals surface area contributed by atoms with Gasteiger partial charge in [-0.3, -0.25) is 14.2 Å². The number of piperidine rings is 1. The number of aromatic nitrogens is 4. The van der Waals surface area contributed by atoms with Crippen molar-refractivity contribution < 1.29 is 9.53 Å². The van der Waals surface area contributed by atoms with E-state index >= 15 is 0 Å². The van der Waals surface area contributed by atoms with E-state index in [9.17, 15) is 9.59 Å². The van der Waals surface area contributed by atoms with Crippen molar-refractivity contribution in [1.82, 2.24) is 19.5 Å². The summed E-state index contributed by atoms with van der Waals surface area (Å²) in [4.78, 5) is 41.4. The molecule has 1 atom stereocenters. The van der Waals surface area contributed by atoms with Gasteiger partial charge in [-0.2, -0.15) is 0 Å². The van der Waals surface area contributed by atoms with Crippen LogP contribution < -0.4 is 15.2 Å². The van der Waals surface area contributed by atoms with Gasteiger partial charge in [0.25, 0.3) is 5.56 Å². The molecule has 34 heavy (non-hydrogen) atoms. The Morgan fingerprint density at radius 1 is 1.12 bits per heavy atom. The number of rotatable bonds is 5. The van der Waals surface area contributed by atoms with Crippen molar-refractivity contribution in [3.63, 3.8) is 0 Å². The van der Waals surface area contributed by atoms with Crippen molar-refractivity contribution >= 4 is 22.5 Å². The molecule has 0 N–H and O–H groups in total. The van der Waals surface area contributed by atoms with Gasteiger partial charge in [-0.05, 0) is 35.7 Å². The minimum Gasteiger partial charge on any atom is -0.496 e. The van der Waals surface area contributed by atoms with E-state index in [1.54, 1.807) is 26.4 Å². The second-order valence-corrected chi connectivity index (χ2v) is 8.45. The third kappa shape index (κ3) is 3.91. The number of ether oxygens (including phenoxy) is 1. The average Bonchev–Trinajstić information content (AvgIpc) is 2.89. The lowest BCUT2D eigenvalue weighted by Crippen LogP contribution is -2.42. The van der Waals surface area contributed by atoms with Crippen LogP contribution in [0.2, 0.25) is 0 Å². The Hall–Kier alpha value is -4.07. The van der Waals surface area contributed by atoms with Gasteiger partial charge >= 0.3 is 0 Å². The zero-order valence-corrected chi connectivity index (χ0v) is 19.1. The summed E-state index contributed by atoms with van der Waals surface area (Å²) in [5.41, 5.74) is 1.51. The molecule has 1 saturated heterocycles. The summed E-state index contributed by atoms with van der Waals surface area (Å²) in [6.07, 6.45) is 4.63. The standard InChI is InChI=1S/C26H25N5O3/c1-30-23(32)14-21(20-11-12-27-16-28-20)29-26(30)31-13-5-7-18(15-31)25(33)24-19-8-4-3-6-17(19)9-10-22(24)34-2/h3-4,6,8-12,14,16,18H,5,7,13,15H2,1-2H3. The van der Waals surface area contributed by atoms with Crippen molar-refractivity contribution in [3.05, 3.63) is 77.0 Å². The molecule has 0 bridgehead atoms. The van der Waals surface area contributed by atoms with E-state index in [1.807, 2.05) is 41.3 Å². The molecule has 2 aromatic heterocycles. The molecule has 2 aromatic carbocycles. The summed E-state index contributed by atoms with van der Waals surface area (Å²) < 4.78 is 7.10. The van der Waals surface area contributed by atoms with Crippen LogP contribution in [0.15, 0.2) is 65.8 Å². The van der Waals surface area contributed by atoms with Crippen LogP contribution in [0.3, 0.4) is 0 Å². The lowest BCUT2D eigenvalue weighted by Gasteiger charge is -2.34. The van der Waals surface area contributed by atoms with Crippen molar-refractivity contribution in [3.8, 4) is 17.1 Å².